The van der Waals surface area contributed by atoms with Gasteiger partial charge in [0.05, 0.1) is 0 Å². The lowest BCUT2D eigenvalue weighted by Crippen LogP contribution is -1.99. The molecule has 0 spiro atoms. The van der Waals surface area contributed by atoms with Crippen molar-refractivity contribution in [2.75, 3.05) is 0 Å². The van der Waals surface area contributed by atoms with Gasteiger partial charge in [-0.2, -0.15) is 0 Å². The van der Waals surface area contributed by atoms with E-state index < -0.39 is 0 Å². The molecule has 0 fully saturated rings. The first-order chi connectivity index (χ1) is 5.61. The zero-order valence-electron chi connectivity index (χ0n) is 8.89. The molecule has 1 nitrogen and oxygen atoms in total. The average Bonchev–Trinajstić information content (AvgIpc) is 2.04. The Morgan fingerprint density at radius 3 is 3.00 bits per heavy atom. The summed E-state index contributed by atoms with van der Waals surface area (Å²) < 4.78 is 14.6. The number of hydrogen-bond donors (Lipinski definition) is 0. The lowest BCUT2D eigenvalue weighted by molar-refractivity contribution is -0.119. The molecule has 0 radical (unpaired) electrons. The molecule has 60 valence electrons. The van der Waals surface area contributed by atoms with Crippen LogP contribution < -0.4 is 0 Å². The molecule has 0 saturated heterocycles. The molecule has 0 N–H and O–H groups in total. The van der Waals surface area contributed by atoms with Crippen LogP contribution in [-0.4, -0.2) is 5.78 Å². The van der Waals surface area contributed by atoms with Crippen molar-refractivity contribution in [1.82, 2.24) is 0 Å². The predicted molar refractivity (Wildman–Crippen MR) is 44.0 cm³/mol. The fourth-order valence-corrected chi connectivity index (χ4v) is 0.595. The van der Waals surface area contributed by atoms with Crippen LogP contribution in [0, 0.1) is 5.92 Å². The third-order valence-corrected chi connectivity index (χ3v) is 1.60. The lowest BCUT2D eigenvalue weighted by Gasteiger charge is -2.05. The van der Waals surface area contributed by atoms with Gasteiger partial charge in [0.25, 0.3) is 0 Å². The van der Waals surface area contributed by atoms with Crippen molar-refractivity contribution in [3.05, 3.63) is 0 Å². The second-order valence-corrected chi connectivity index (χ2v) is 2.60. The third-order valence-electron chi connectivity index (χ3n) is 1.60. The van der Waals surface area contributed by atoms with Gasteiger partial charge in [-0.15, -0.1) is 0 Å². The molecular weight excluding hydrogens is 124 g/mol. The van der Waals surface area contributed by atoms with Gasteiger partial charge in [0.15, 0.2) is 0 Å². The topological polar surface area (TPSA) is 17.1 Å². The van der Waals surface area contributed by atoms with Gasteiger partial charge in [-0.1, -0.05) is 27.2 Å². The highest BCUT2D eigenvalue weighted by Gasteiger charge is 2.02. The van der Waals surface area contributed by atoms with Crippen LogP contribution in [0.3, 0.4) is 0 Å². The van der Waals surface area contributed by atoms with Crippen molar-refractivity contribution in [2.24, 2.45) is 5.92 Å². The second kappa shape index (κ2) is 5.45. The number of ketones is 1. The van der Waals surface area contributed by atoms with Gasteiger partial charge in [-0.25, -0.2) is 0 Å². The number of carbonyl (C=O) groups excluding carboxylic acids is 1. The predicted octanol–water partition coefficient (Wildman–Crippen LogP) is 2.79. The van der Waals surface area contributed by atoms with Crippen LogP contribution in [0.25, 0.3) is 0 Å². The summed E-state index contributed by atoms with van der Waals surface area (Å²) in [5.74, 6) is 0.338. The Balaban J connectivity index is 3.69. The fourth-order valence-electron chi connectivity index (χ4n) is 0.595. The van der Waals surface area contributed by atoms with Gasteiger partial charge in [-0.05, 0) is 12.3 Å². The van der Waals surface area contributed by atoms with Gasteiger partial charge in [0.2, 0.25) is 0 Å². The number of carbonyl (C=O) groups is 1. The second-order valence-electron chi connectivity index (χ2n) is 2.60. The van der Waals surface area contributed by atoms with E-state index in [1.165, 1.54) is 0 Å². The normalized spacial score (nSPS) is 19.0. The van der Waals surface area contributed by atoms with E-state index in [9.17, 15) is 4.79 Å². The van der Waals surface area contributed by atoms with Gasteiger partial charge in [-0.3, -0.25) is 4.79 Å². The maximum absolute atomic E-state index is 11.0. The molecule has 0 aliphatic heterocycles. The SMILES string of the molecule is [2H]CCC(C)C([2H])CC(=O)CC. The molecule has 0 bridgehead atoms. The molecule has 1 heteroatoms. The Bertz CT molecular complexity index is 136. The lowest BCUT2D eigenvalue weighted by atomic mass is 10.0. The van der Waals surface area contributed by atoms with Crippen LogP contribution in [-0.2, 0) is 4.79 Å². The Hall–Kier alpha value is -0.330. The van der Waals surface area contributed by atoms with Crippen molar-refractivity contribution in [1.29, 1.82) is 0 Å². The summed E-state index contributed by atoms with van der Waals surface area (Å²) in [6.45, 7) is 4.12. The first-order valence-corrected chi connectivity index (χ1v) is 3.85. The fraction of sp³-hybridized carbons (Fsp3) is 0.889. The maximum Gasteiger partial charge on any atom is 0.132 e. The molecule has 0 amide bonds. The molecule has 0 rings (SSSR count). The van der Waals surface area contributed by atoms with E-state index in [4.69, 9.17) is 2.74 Å². The Kier molecular flexibility index (Phi) is 3.48. The van der Waals surface area contributed by atoms with E-state index in [-0.39, 0.29) is 18.1 Å². The first kappa shape index (κ1) is 6.38. The molecule has 0 aliphatic rings. The van der Waals surface area contributed by atoms with E-state index in [1.54, 1.807) is 0 Å². The van der Waals surface area contributed by atoms with Crippen molar-refractivity contribution in [2.45, 2.75) is 46.4 Å². The molecule has 0 saturated carbocycles. The molecular formula is C9H18O. The molecule has 0 heterocycles. The van der Waals surface area contributed by atoms with Crippen LogP contribution in [0.5, 0.6) is 0 Å². The summed E-state index contributed by atoms with van der Waals surface area (Å²) in [5, 5.41) is 0. The Labute approximate surface area is 66.6 Å². The Morgan fingerprint density at radius 1 is 1.80 bits per heavy atom. The number of Topliss-reactive ketones (excluding diaryl/α,β-unsaturated/α-hetero) is 1. The van der Waals surface area contributed by atoms with Gasteiger partial charge < -0.3 is 0 Å². The average molecular weight is 144 g/mol. The zero-order chi connectivity index (χ0) is 9.56. The quantitative estimate of drug-likeness (QED) is 0.580. The minimum absolute atomic E-state index is 0.159. The van der Waals surface area contributed by atoms with Crippen LogP contribution in [0.15, 0.2) is 0 Å². The summed E-state index contributed by atoms with van der Waals surface area (Å²) in [6.07, 6.45) is 1.31. The molecule has 2 unspecified atom stereocenters. The summed E-state index contributed by atoms with van der Waals surface area (Å²) >= 11 is 0. The third kappa shape index (κ3) is 4.54. The Morgan fingerprint density at radius 2 is 2.50 bits per heavy atom. The van der Waals surface area contributed by atoms with Gasteiger partial charge in [0.1, 0.15) is 5.78 Å². The van der Waals surface area contributed by atoms with E-state index >= 15 is 0 Å². The highest BCUT2D eigenvalue weighted by Crippen LogP contribution is 2.09. The molecule has 0 aromatic rings. The molecule has 0 aromatic heterocycles. The van der Waals surface area contributed by atoms with Crippen LogP contribution in [0.2, 0.25) is 0 Å². The van der Waals surface area contributed by atoms with E-state index in [0.717, 1.165) is 6.42 Å². The standard InChI is InChI=1S/C9H18O/c1-4-8(3)6-7-9(10)5-2/h8H,4-7H2,1-3H3/i1D,6D. The smallest absolute Gasteiger partial charge is 0.132 e. The zero-order valence-corrected chi connectivity index (χ0v) is 6.89. The minimum atomic E-state index is -0.303. The van der Waals surface area contributed by atoms with Crippen LogP contribution >= 0.6 is 0 Å². The van der Waals surface area contributed by atoms with Gasteiger partial charge >= 0.3 is 0 Å². The van der Waals surface area contributed by atoms with E-state index in [0.29, 0.717) is 19.7 Å². The number of rotatable bonds is 5. The van der Waals surface area contributed by atoms with Crippen LogP contribution in [0.4, 0.5) is 0 Å². The molecule has 0 aliphatic carbocycles. The molecule has 10 heavy (non-hydrogen) atoms. The monoisotopic (exact) mass is 144 g/mol. The molecule has 0 aromatic carbocycles. The van der Waals surface area contributed by atoms with E-state index in [2.05, 4.69) is 0 Å². The van der Waals surface area contributed by atoms with Gasteiger partial charge in [0, 0.05) is 15.6 Å². The summed E-state index contributed by atoms with van der Waals surface area (Å²) in [5.41, 5.74) is 0. The molecule has 2 atom stereocenters. The van der Waals surface area contributed by atoms with E-state index in [1.807, 2.05) is 13.8 Å². The number of hydrogen-bond acceptors (Lipinski definition) is 1. The van der Waals surface area contributed by atoms with Crippen LogP contribution in [0.1, 0.15) is 49.1 Å². The van der Waals surface area contributed by atoms with Crippen molar-refractivity contribution < 1.29 is 7.54 Å². The minimum Gasteiger partial charge on any atom is -0.300 e. The highest BCUT2D eigenvalue weighted by atomic mass is 16.1. The van der Waals surface area contributed by atoms with Crippen molar-refractivity contribution in [3.63, 3.8) is 0 Å². The summed E-state index contributed by atoms with van der Waals surface area (Å²) in [4.78, 5) is 11.0. The summed E-state index contributed by atoms with van der Waals surface area (Å²) in [6, 6.07) is 0. The van der Waals surface area contributed by atoms with Crippen molar-refractivity contribution in [3.8, 4) is 0 Å². The first-order valence-electron chi connectivity index (χ1n) is 5.13. The highest BCUT2D eigenvalue weighted by molar-refractivity contribution is 5.77. The largest absolute Gasteiger partial charge is 0.300 e. The van der Waals surface area contributed by atoms with Crippen molar-refractivity contribution >= 4 is 5.78 Å². The summed E-state index contributed by atoms with van der Waals surface area (Å²) in [7, 11) is 0. The maximum atomic E-state index is 11.0.